The summed E-state index contributed by atoms with van der Waals surface area (Å²) in [4.78, 5) is 23.4. The van der Waals surface area contributed by atoms with Gasteiger partial charge in [0.25, 0.3) is 0 Å². The summed E-state index contributed by atoms with van der Waals surface area (Å²) in [6.45, 7) is 0. The molecule has 0 fully saturated rings. The maximum absolute atomic E-state index is 11.8. The number of rotatable bonds is 5. The van der Waals surface area contributed by atoms with Crippen molar-refractivity contribution in [2.24, 2.45) is 5.73 Å². The third kappa shape index (κ3) is 5.00. The van der Waals surface area contributed by atoms with E-state index in [9.17, 15) is 9.59 Å². The van der Waals surface area contributed by atoms with E-state index in [1.807, 2.05) is 60.7 Å². The lowest BCUT2D eigenvalue weighted by molar-refractivity contribution is -0.157. The number of benzene rings is 2. The predicted octanol–water partition coefficient (Wildman–Crippen LogP) is 2.34. The summed E-state index contributed by atoms with van der Waals surface area (Å²) in [6, 6.07) is 17.7. The Balaban J connectivity index is 1.85. The number of carbonyl (C=O) groups is 2. The summed E-state index contributed by atoms with van der Waals surface area (Å²) in [5.41, 5.74) is 7.52. The normalized spacial score (nSPS) is 12.0. The van der Waals surface area contributed by atoms with Crippen molar-refractivity contribution in [3.8, 4) is 0 Å². The Labute approximate surface area is 129 Å². The Kier molecular flexibility index (Phi) is 5.63. The van der Waals surface area contributed by atoms with Crippen LogP contribution in [0, 0.1) is 0 Å². The van der Waals surface area contributed by atoms with Gasteiger partial charge in [-0.15, -0.1) is 0 Å². The van der Waals surface area contributed by atoms with E-state index >= 15 is 0 Å². The molecule has 22 heavy (non-hydrogen) atoms. The molecule has 0 saturated carbocycles. The monoisotopic (exact) mass is 295 g/mol. The molecule has 0 aliphatic heterocycles. The number of hydrogen-bond acceptors (Lipinski definition) is 4. The van der Waals surface area contributed by atoms with E-state index in [0.29, 0.717) is 6.42 Å². The lowest BCUT2D eigenvalue weighted by Crippen LogP contribution is -2.35. The second-order valence-electron chi connectivity index (χ2n) is 4.78. The minimum absolute atomic E-state index is 0.329. The molecule has 2 aromatic carbocycles. The van der Waals surface area contributed by atoms with Gasteiger partial charge in [-0.2, -0.15) is 0 Å². The summed E-state index contributed by atoms with van der Waals surface area (Å²) in [7, 11) is 0. The van der Waals surface area contributed by atoms with Crippen LogP contribution in [0.4, 0.5) is 0 Å². The summed E-state index contributed by atoms with van der Waals surface area (Å²) in [6.07, 6.45) is 3.12. The number of hydrogen-bond donors (Lipinski definition) is 1. The summed E-state index contributed by atoms with van der Waals surface area (Å²) < 4.78 is 4.72. The van der Waals surface area contributed by atoms with Crippen molar-refractivity contribution in [3.05, 3.63) is 77.9 Å². The van der Waals surface area contributed by atoms with Crippen LogP contribution in [0.1, 0.15) is 11.1 Å². The fraction of sp³-hybridized carbons (Fsp3) is 0.111. The molecule has 2 aromatic rings. The molecule has 0 saturated heterocycles. The second kappa shape index (κ2) is 7.90. The first-order valence-electron chi connectivity index (χ1n) is 6.93. The van der Waals surface area contributed by atoms with Crippen LogP contribution in [0.5, 0.6) is 0 Å². The van der Waals surface area contributed by atoms with Crippen LogP contribution in [0.2, 0.25) is 0 Å². The molecule has 0 amide bonds. The maximum Gasteiger partial charge on any atom is 0.338 e. The molecule has 0 bridgehead atoms. The molecule has 0 spiro atoms. The third-order valence-electron chi connectivity index (χ3n) is 3.01. The highest BCUT2D eigenvalue weighted by Gasteiger charge is 2.18. The molecule has 0 aromatic heterocycles. The van der Waals surface area contributed by atoms with Gasteiger partial charge in [0.15, 0.2) is 0 Å². The molecule has 0 aliphatic carbocycles. The molecule has 2 N–H and O–H groups in total. The molecule has 112 valence electrons. The highest BCUT2D eigenvalue weighted by Crippen LogP contribution is 2.04. The second-order valence-corrected chi connectivity index (χ2v) is 4.78. The first-order chi connectivity index (χ1) is 10.6. The zero-order valence-corrected chi connectivity index (χ0v) is 12.0. The third-order valence-corrected chi connectivity index (χ3v) is 3.01. The zero-order chi connectivity index (χ0) is 15.8. The van der Waals surface area contributed by atoms with Crippen molar-refractivity contribution in [2.75, 3.05) is 0 Å². The SMILES string of the molecule is N[C@@H](Cc1ccccc1)C(=O)OC(=O)C=Cc1ccccc1. The van der Waals surface area contributed by atoms with Gasteiger partial charge in [-0.1, -0.05) is 60.7 Å². The summed E-state index contributed by atoms with van der Waals surface area (Å²) >= 11 is 0. The van der Waals surface area contributed by atoms with Crippen LogP contribution >= 0.6 is 0 Å². The first-order valence-corrected chi connectivity index (χ1v) is 6.93. The van der Waals surface area contributed by atoms with E-state index in [4.69, 9.17) is 10.5 Å². The summed E-state index contributed by atoms with van der Waals surface area (Å²) in [5, 5.41) is 0. The van der Waals surface area contributed by atoms with E-state index in [1.54, 1.807) is 6.08 Å². The average molecular weight is 295 g/mol. The van der Waals surface area contributed by atoms with Crippen LogP contribution in [0.15, 0.2) is 66.7 Å². The average Bonchev–Trinajstić information content (AvgIpc) is 2.55. The van der Waals surface area contributed by atoms with Gasteiger partial charge in [0.1, 0.15) is 6.04 Å². The van der Waals surface area contributed by atoms with E-state index in [1.165, 1.54) is 6.08 Å². The zero-order valence-electron chi connectivity index (χ0n) is 12.0. The van der Waals surface area contributed by atoms with Gasteiger partial charge in [-0.25, -0.2) is 9.59 Å². The van der Waals surface area contributed by atoms with Crippen molar-refractivity contribution >= 4 is 18.0 Å². The lowest BCUT2D eigenvalue weighted by atomic mass is 10.1. The lowest BCUT2D eigenvalue weighted by Gasteiger charge is -2.09. The number of esters is 2. The minimum atomic E-state index is -0.864. The molecule has 0 aliphatic rings. The molecule has 0 unspecified atom stereocenters. The van der Waals surface area contributed by atoms with Gasteiger partial charge in [-0.3, -0.25) is 0 Å². The van der Waals surface area contributed by atoms with Crippen molar-refractivity contribution < 1.29 is 14.3 Å². The molecule has 4 nitrogen and oxygen atoms in total. The predicted molar refractivity (Wildman–Crippen MR) is 84.7 cm³/mol. The first kappa shape index (κ1) is 15.7. The van der Waals surface area contributed by atoms with Crippen molar-refractivity contribution in [3.63, 3.8) is 0 Å². The van der Waals surface area contributed by atoms with Gasteiger partial charge in [0.2, 0.25) is 0 Å². The quantitative estimate of drug-likeness (QED) is 0.522. The van der Waals surface area contributed by atoms with E-state index in [0.717, 1.165) is 11.1 Å². The molecule has 0 radical (unpaired) electrons. The summed E-state index contributed by atoms with van der Waals surface area (Å²) in [5.74, 6) is -1.45. The van der Waals surface area contributed by atoms with Crippen LogP contribution in [0.25, 0.3) is 6.08 Å². The fourth-order valence-corrected chi connectivity index (χ4v) is 1.89. The van der Waals surface area contributed by atoms with Gasteiger partial charge in [0, 0.05) is 6.08 Å². The Morgan fingerprint density at radius 1 is 1.00 bits per heavy atom. The molecule has 2 rings (SSSR count). The van der Waals surface area contributed by atoms with Crippen LogP contribution in [-0.2, 0) is 20.7 Å². The standard InChI is InChI=1S/C18H17NO3/c19-16(13-15-9-5-2-6-10-15)18(21)22-17(20)12-11-14-7-3-1-4-8-14/h1-12,16H,13,19H2/t16-/m0/s1. The van der Waals surface area contributed by atoms with Gasteiger partial charge in [0.05, 0.1) is 0 Å². The highest BCUT2D eigenvalue weighted by atomic mass is 16.6. The molecule has 4 heteroatoms. The number of carbonyl (C=O) groups excluding carboxylic acids is 2. The maximum atomic E-state index is 11.8. The smallest absolute Gasteiger partial charge is 0.338 e. The van der Waals surface area contributed by atoms with Crippen LogP contribution in [-0.4, -0.2) is 18.0 Å². The van der Waals surface area contributed by atoms with E-state index in [-0.39, 0.29) is 0 Å². The van der Waals surface area contributed by atoms with E-state index in [2.05, 4.69) is 0 Å². The van der Waals surface area contributed by atoms with Crippen LogP contribution < -0.4 is 5.73 Å². The Morgan fingerprint density at radius 2 is 1.59 bits per heavy atom. The largest absolute Gasteiger partial charge is 0.389 e. The van der Waals surface area contributed by atoms with Crippen molar-refractivity contribution in [1.29, 1.82) is 0 Å². The van der Waals surface area contributed by atoms with Gasteiger partial charge in [-0.05, 0) is 23.6 Å². The van der Waals surface area contributed by atoms with Gasteiger partial charge < -0.3 is 10.5 Å². The molecule has 0 heterocycles. The van der Waals surface area contributed by atoms with E-state index < -0.39 is 18.0 Å². The fourth-order valence-electron chi connectivity index (χ4n) is 1.89. The van der Waals surface area contributed by atoms with Crippen molar-refractivity contribution in [1.82, 2.24) is 0 Å². The highest BCUT2D eigenvalue weighted by molar-refractivity contribution is 5.96. The minimum Gasteiger partial charge on any atom is -0.389 e. The topological polar surface area (TPSA) is 69.4 Å². The van der Waals surface area contributed by atoms with Crippen molar-refractivity contribution in [2.45, 2.75) is 12.5 Å². The van der Waals surface area contributed by atoms with Crippen LogP contribution in [0.3, 0.4) is 0 Å². The Bertz CT molecular complexity index is 651. The Hall–Kier alpha value is -2.72. The number of ether oxygens (including phenoxy) is 1. The Morgan fingerprint density at radius 3 is 2.23 bits per heavy atom. The molecule has 1 atom stereocenters. The molecular formula is C18H17NO3. The molecular weight excluding hydrogens is 278 g/mol. The van der Waals surface area contributed by atoms with Gasteiger partial charge >= 0.3 is 11.9 Å². The number of nitrogens with two attached hydrogens (primary N) is 1.